The molecule has 1 aliphatic heterocycles. The largest absolute Gasteiger partial charge is 0.290 e. The monoisotopic (exact) mass is 198 g/mol. The van der Waals surface area contributed by atoms with Crippen LogP contribution >= 0.6 is 0 Å². The molecule has 0 N–H and O–H groups in total. The van der Waals surface area contributed by atoms with Crippen molar-refractivity contribution in [3.8, 4) is 0 Å². The van der Waals surface area contributed by atoms with E-state index in [0.29, 0.717) is 12.2 Å². The van der Waals surface area contributed by atoms with Gasteiger partial charge < -0.3 is 0 Å². The fourth-order valence-electron chi connectivity index (χ4n) is 2.79. The van der Waals surface area contributed by atoms with Crippen LogP contribution in [0, 0.1) is 11.8 Å². The lowest BCUT2D eigenvalue weighted by molar-refractivity contribution is -0.0478. The third-order valence-corrected chi connectivity index (χ3v) is 3.17. The Morgan fingerprint density at radius 2 is 1.64 bits per heavy atom. The summed E-state index contributed by atoms with van der Waals surface area (Å²) in [5.41, 5.74) is 0. The summed E-state index contributed by atoms with van der Waals surface area (Å²) in [7, 11) is 2.26. The number of rotatable bonds is 2. The standard InChI is InChI=1S/C12H26N2/c1-9(2)12-13(6)7-11(5)8-14(12)10(3)4/h9-12H,7-8H2,1-6H3. The van der Waals surface area contributed by atoms with Gasteiger partial charge >= 0.3 is 0 Å². The molecule has 0 aromatic heterocycles. The Bertz CT molecular complexity index is 177. The van der Waals surface area contributed by atoms with Crippen LogP contribution in [0.3, 0.4) is 0 Å². The van der Waals surface area contributed by atoms with E-state index in [2.05, 4.69) is 51.5 Å². The van der Waals surface area contributed by atoms with Crippen molar-refractivity contribution in [1.82, 2.24) is 9.80 Å². The third kappa shape index (κ3) is 2.48. The zero-order chi connectivity index (χ0) is 10.9. The van der Waals surface area contributed by atoms with Gasteiger partial charge in [0.15, 0.2) is 0 Å². The highest BCUT2D eigenvalue weighted by Crippen LogP contribution is 2.24. The molecule has 1 aliphatic rings. The first-order chi connectivity index (χ1) is 6.43. The quantitative estimate of drug-likeness (QED) is 0.671. The lowest BCUT2D eigenvalue weighted by atomic mass is 9.99. The van der Waals surface area contributed by atoms with Crippen LogP contribution < -0.4 is 0 Å². The maximum absolute atomic E-state index is 2.64. The molecule has 2 atom stereocenters. The zero-order valence-corrected chi connectivity index (χ0v) is 10.6. The van der Waals surface area contributed by atoms with Gasteiger partial charge in [-0.05, 0) is 32.7 Å². The summed E-state index contributed by atoms with van der Waals surface area (Å²) < 4.78 is 0. The molecule has 14 heavy (non-hydrogen) atoms. The fraction of sp³-hybridized carbons (Fsp3) is 1.00. The molecule has 2 heteroatoms. The molecule has 0 spiro atoms. The molecule has 2 unspecified atom stereocenters. The zero-order valence-electron chi connectivity index (χ0n) is 10.6. The van der Waals surface area contributed by atoms with Gasteiger partial charge in [-0.3, -0.25) is 9.80 Å². The van der Waals surface area contributed by atoms with E-state index in [1.54, 1.807) is 0 Å². The van der Waals surface area contributed by atoms with E-state index in [1.165, 1.54) is 13.1 Å². The van der Waals surface area contributed by atoms with Crippen molar-refractivity contribution >= 4 is 0 Å². The van der Waals surface area contributed by atoms with Gasteiger partial charge in [-0.15, -0.1) is 0 Å². The lowest BCUT2D eigenvalue weighted by Gasteiger charge is -2.48. The van der Waals surface area contributed by atoms with Crippen molar-refractivity contribution in [2.45, 2.75) is 46.8 Å². The predicted octanol–water partition coefficient (Wildman–Crippen LogP) is 2.26. The van der Waals surface area contributed by atoms with E-state index >= 15 is 0 Å². The van der Waals surface area contributed by atoms with Crippen molar-refractivity contribution in [2.75, 3.05) is 20.1 Å². The first-order valence-corrected chi connectivity index (χ1v) is 5.89. The lowest BCUT2D eigenvalue weighted by Crippen LogP contribution is -2.59. The highest BCUT2D eigenvalue weighted by Gasteiger charge is 2.33. The van der Waals surface area contributed by atoms with Gasteiger partial charge in [0.2, 0.25) is 0 Å². The Morgan fingerprint density at radius 1 is 1.07 bits per heavy atom. The SMILES string of the molecule is CC1CN(C)C(C(C)C)N(C(C)C)C1. The second kappa shape index (κ2) is 4.63. The molecule has 1 heterocycles. The van der Waals surface area contributed by atoms with Crippen LogP contribution in [0.25, 0.3) is 0 Å². The molecule has 0 aliphatic carbocycles. The first kappa shape index (κ1) is 12.0. The second-order valence-electron chi connectivity index (χ2n) is 5.49. The summed E-state index contributed by atoms with van der Waals surface area (Å²) in [6.07, 6.45) is 0.631. The minimum absolute atomic E-state index is 0.631. The minimum atomic E-state index is 0.631. The summed E-state index contributed by atoms with van der Waals surface area (Å²) in [5.74, 6) is 1.52. The molecule has 0 aromatic rings. The van der Waals surface area contributed by atoms with Crippen LogP contribution in [0.15, 0.2) is 0 Å². The first-order valence-electron chi connectivity index (χ1n) is 5.89. The highest BCUT2D eigenvalue weighted by atomic mass is 15.4. The molecule has 1 rings (SSSR count). The number of hydrogen-bond donors (Lipinski definition) is 0. The van der Waals surface area contributed by atoms with E-state index in [1.807, 2.05) is 0 Å². The molecule has 2 nitrogen and oxygen atoms in total. The number of nitrogens with zero attached hydrogens (tertiary/aromatic N) is 2. The maximum atomic E-state index is 2.64. The molecular formula is C12H26N2. The third-order valence-electron chi connectivity index (χ3n) is 3.17. The van der Waals surface area contributed by atoms with E-state index in [9.17, 15) is 0 Å². The molecule has 0 saturated carbocycles. The van der Waals surface area contributed by atoms with Gasteiger partial charge in [-0.2, -0.15) is 0 Å². The average Bonchev–Trinajstić information content (AvgIpc) is 2.01. The van der Waals surface area contributed by atoms with Gasteiger partial charge in [0.05, 0.1) is 6.17 Å². The summed E-state index contributed by atoms with van der Waals surface area (Å²) in [6.45, 7) is 14.1. The Labute approximate surface area is 89.3 Å². The Kier molecular flexibility index (Phi) is 3.96. The van der Waals surface area contributed by atoms with Crippen LogP contribution in [0.2, 0.25) is 0 Å². The molecule has 1 fully saturated rings. The molecule has 0 radical (unpaired) electrons. The Morgan fingerprint density at radius 3 is 2.07 bits per heavy atom. The van der Waals surface area contributed by atoms with Crippen molar-refractivity contribution < 1.29 is 0 Å². The van der Waals surface area contributed by atoms with E-state index < -0.39 is 0 Å². The molecule has 0 aromatic carbocycles. The highest BCUT2D eigenvalue weighted by molar-refractivity contribution is 4.84. The summed E-state index contributed by atoms with van der Waals surface area (Å²) in [5, 5.41) is 0. The molecule has 1 saturated heterocycles. The van der Waals surface area contributed by atoms with Crippen LogP contribution in [-0.2, 0) is 0 Å². The Hall–Kier alpha value is -0.0800. The van der Waals surface area contributed by atoms with Crippen LogP contribution in [0.5, 0.6) is 0 Å². The van der Waals surface area contributed by atoms with E-state index in [0.717, 1.165) is 11.8 Å². The van der Waals surface area contributed by atoms with Crippen molar-refractivity contribution in [3.05, 3.63) is 0 Å². The molecule has 0 bridgehead atoms. The summed E-state index contributed by atoms with van der Waals surface area (Å²) in [4.78, 5) is 5.15. The topological polar surface area (TPSA) is 6.48 Å². The van der Waals surface area contributed by atoms with Gasteiger partial charge in [0, 0.05) is 19.1 Å². The predicted molar refractivity (Wildman–Crippen MR) is 62.3 cm³/mol. The minimum Gasteiger partial charge on any atom is -0.290 e. The second-order valence-corrected chi connectivity index (χ2v) is 5.49. The maximum Gasteiger partial charge on any atom is 0.0646 e. The average molecular weight is 198 g/mol. The van der Waals surface area contributed by atoms with E-state index in [4.69, 9.17) is 0 Å². The molecular weight excluding hydrogens is 172 g/mol. The Balaban J connectivity index is 2.75. The normalized spacial score (nSPS) is 31.7. The summed E-state index contributed by atoms with van der Waals surface area (Å²) in [6, 6.07) is 0.660. The summed E-state index contributed by atoms with van der Waals surface area (Å²) >= 11 is 0. The van der Waals surface area contributed by atoms with Crippen LogP contribution in [-0.4, -0.2) is 42.1 Å². The van der Waals surface area contributed by atoms with Gasteiger partial charge in [0.25, 0.3) is 0 Å². The van der Waals surface area contributed by atoms with Gasteiger partial charge in [-0.1, -0.05) is 20.8 Å². The number of hydrogen-bond acceptors (Lipinski definition) is 2. The van der Waals surface area contributed by atoms with E-state index in [-0.39, 0.29) is 0 Å². The van der Waals surface area contributed by atoms with Crippen molar-refractivity contribution in [1.29, 1.82) is 0 Å². The smallest absolute Gasteiger partial charge is 0.0646 e. The van der Waals surface area contributed by atoms with Gasteiger partial charge in [-0.25, -0.2) is 0 Å². The van der Waals surface area contributed by atoms with Gasteiger partial charge in [0.1, 0.15) is 0 Å². The van der Waals surface area contributed by atoms with Crippen molar-refractivity contribution in [2.24, 2.45) is 11.8 Å². The molecule has 84 valence electrons. The van der Waals surface area contributed by atoms with Crippen LogP contribution in [0.1, 0.15) is 34.6 Å². The fourth-order valence-corrected chi connectivity index (χ4v) is 2.79. The molecule has 0 amide bonds. The van der Waals surface area contributed by atoms with Crippen LogP contribution in [0.4, 0.5) is 0 Å². The van der Waals surface area contributed by atoms with Crippen molar-refractivity contribution in [3.63, 3.8) is 0 Å².